The minimum Gasteiger partial charge on any atom is -0.489 e. The summed E-state index contributed by atoms with van der Waals surface area (Å²) in [4.78, 5) is 35.1. The number of esters is 1. The van der Waals surface area contributed by atoms with Crippen molar-refractivity contribution in [2.24, 2.45) is 13.0 Å². The Hall–Kier alpha value is -3.37. The van der Waals surface area contributed by atoms with Gasteiger partial charge < -0.3 is 24.2 Å². The van der Waals surface area contributed by atoms with Crippen LogP contribution in [0, 0.1) is 5.92 Å². The minimum absolute atomic E-state index is 0.0123. The second kappa shape index (κ2) is 11.8. The summed E-state index contributed by atoms with van der Waals surface area (Å²) in [5.74, 6) is -0.782. The largest absolute Gasteiger partial charge is 0.489 e. The lowest BCUT2D eigenvalue weighted by Crippen LogP contribution is -2.35. The van der Waals surface area contributed by atoms with E-state index in [4.69, 9.17) is 14.2 Å². The summed E-state index contributed by atoms with van der Waals surface area (Å²) in [6.45, 7) is 3.67. The average Bonchev–Trinajstić information content (AvgIpc) is 3.53. The zero-order valence-electron chi connectivity index (χ0n) is 22.1. The van der Waals surface area contributed by atoms with Crippen LogP contribution in [0.15, 0.2) is 12.4 Å². The molecule has 1 amide bonds. The van der Waals surface area contributed by atoms with Gasteiger partial charge in [0.2, 0.25) is 0 Å². The van der Waals surface area contributed by atoms with Crippen molar-refractivity contribution < 1.29 is 28.9 Å². The van der Waals surface area contributed by atoms with E-state index in [-0.39, 0.29) is 54.6 Å². The zero-order valence-corrected chi connectivity index (χ0v) is 22.1. The average molecular weight is 516 g/mol. The van der Waals surface area contributed by atoms with Gasteiger partial charge in [-0.05, 0) is 52.4 Å². The number of amides is 1. The van der Waals surface area contributed by atoms with Crippen molar-refractivity contribution in [1.82, 2.24) is 24.6 Å². The first kappa shape index (κ1) is 26.7. The molecular weight excluding hydrogens is 478 g/mol. The molecular formula is C26H37N5O6. The summed E-state index contributed by atoms with van der Waals surface area (Å²) >= 11 is 0. The number of aryl methyl sites for hydroxylation is 1. The van der Waals surface area contributed by atoms with Crippen LogP contribution in [0.3, 0.4) is 0 Å². The molecule has 2 fully saturated rings. The molecule has 0 spiro atoms. The fraction of sp³-hybridized carbons (Fsp3) is 0.654. The maximum Gasteiger partial charge on any atom is 0.410 e. The number of aromatic hydroxyl groups is 1. The molecule has 4 rings (SSSR count). The number of carbonyl (C=O) groups is 2. The molecule has 0 radical (unpaired) electrons. The van der Waals surface area contributed by atoms with Crippen LogP contribution in [-0.2, 0) is 27.9 Å². The van der Waals surface area contributed by atoms with Gasteiger partial charge in [0.15, 0.2) is 0 Å². The van der Waals surface area contributed by atoms with Crippen LogP contribution in [0.1, 0.15) is 70.9 Å². The number of aromatic nitrogens is 4. The Labute approximate surface area is 217 Å². The Balaban J connectivity index is 1.40. The molecule has 0 saturated heterocycles. The van der Waals surface area contributed by atoms with Crippen LogP contribution in [0.5, 0.6) is 11.8 Å². The first-order valence-corrected chi connectivity index (χ1v) is 13.1. The van der Waals surface area contributed by atoms with E-state index in [1.807, 2.05) is 13.8 Å². The molecule has 0 bridgehead atoms. The van der Waals surface area contributed by atoms with E-state index in [0.29, 0.717) is 23.4 Å². The van der Waals surface area contributed by atoms with Crippen molar-refractivity contribution in [3.63, 3.8) is 0 Å². The van der Waals surface area contributed by atoms with E-state index in [2.05, 4.69) is 15.1 Å². The van der Waals surface area contributed by atoms with Gasteiger partial charge in [-0.2, -0.15) is 5.10 Å². The smallest absolute Gasteiger partial charge is 0.410 e. The van der Waals surface area contributed by atoms with Crippen LogP contribution in [0.4, 0.5) is 4.79 Å². The van der Waals surface area contributed by atoms with Gasteiger partial charge in [-0.15, -0.1) is 0 Å². The normalized spacial score (nSPS) is 20.1. The molecule has 202 valence electrons. The highest BCUT2D eigenvalue weighted by Gasteiger charge is 2.31. The molecule has 37 heavy (non-hydrogen) atoms. The summed E-state index contributed by atoms with van der Waals surface area (Å²) in [6.07, 6.45) is 9.36. The topological polar surface area (TPSA) is 129 Å². The van der Waals surface area contributed by atoms with Gasteiger partial charge in [0, 0.05) is 25.7 Å². The standard InChI is InChI=1S/C26H37N5O6/c1-16(2)36-25(33)17-8-7-11-19(12-17)37-24-23(32)29-21(14-27-24)20-13-28-31(4)22(20)15-35-26(34)30(3)18-9-5-6-10-18/h13-14,16-19H,5-12,15H2,1-4H3,(H,29,32)/t17-,19-/m0/s1. The molecule has 1 N–H and O–H groups in total. The highest BCUT2D eigenvalue weighted by Crippen LogP contribution is 2.33. The Bertz CT molecular complexity index is 1100. The number of ether oxygens (including phenoxy) is 3. The minimum atomic E-state index is -0.375. The summed E-state index contributed by atoms with van der Waals surface area (Å²) in [5, 5.41) is 14.8. The van der Waals surface area contributed by atoms with E-state index in [1.165, 1.54) is 6.20 Å². The summed E-state index contributed by atoms with van der Waals surface area (Å²) in [6, 6.07) is 0.217. The van der Waals surface area contributed by atoms with Crippen LogP contribution in [0.2, 0.25) is 0 Å². The monoisotopic (exact) mass is 515 g/mol. The maximum absolute atomic E-state index is 12.6. The van der Waals surface area contributed by atoms with Crippen molar-refractivity contribution in [3.05, 3.63) is 18.1 Å². The Morgan fingerprint density at radius 2 is 1.92 bits per heavy atom. The highest BCUT2D eigenvalue weighted by molar-refractivity contribution is 5.72. The lowest BCUT2D eigenvalue weighted by molar-refractivity contribution is -0.154. The summed E-state index contributed by atoms with van der Waals surface area (Å²) in [7, 11) is 3.52. The molecule has 2 atom stereocenters. The van der Waals surface area contributed by atoms with Crippen LogP contribution in [0.25, 0.3) is 11.3 Å². The molecule has 0 aromatic carbocycles. The number of rotatable bonds is 8. The number of hydrogen-bond acceptors (Lipinski definition) is 9. The van der Waals surface area contributed by atoms with Gasteiger partial charge in [-0.25, -0.2) is 14.8 Å². The fourth-order valence-corrected chi connectivity index (χ4v) is 5.05. The molecule has 2 aromatic heterocycles. The van der Waals surface area contributed by atoms with E-state index < -0.39 is 0 Å². The molecule has 11 heteroatoms. The lowest BCUT2D eigenvalue weighted by atomic mass is 9.87. The van der Waals surface area contributed by atoms with Crippen LogP contribution < -0.4 is 4.74 Å². The van der Waals surface area contributed by atoms with Crippen molar-refractivity contribution in [1.29, 1.82) is 0 Å². The van der Waals surface area contributed by atoms with Crippen LogP contribution >= 0.6 is 0 Å². The number of carbonyl (C=O) groups excluding carboxylic acids is 2. The summed E-state index contributed by atoms with van der Waals surface area (Å²) in [5.41, 5.74) is 1.62. The molecule has 2 aliphatic carbocycles. The third-order valence-corrected chi connectivity index (χ3v) is 7.14. The van der Waals surface area contributed by atoms with Crippen molar-refractivity contribution in [3.8, 4) is 23.0 Å². The molecule has 0 unspecified atom stereocenters. The third kappa shape index (κ3) is 6.50. The quantitative estimate of drug-likeness (QED) is 0.519. The predicted octanol–water partition coefficient (Wildman–Crippen LogP) is 3.98. The molecule has 2 heterocycles. The predicted molar refractivity (Wildman–Crippen MR) is 134 cm³/mol. The van der Waals surface area contributed by atoms with Crippen molar-refractivity contribution in [2.75, 3.05) is 7.05 Å². The summed E-state index contributed by atoms with van der Waals surface area (Å²) < 4.78 is 18.4. The van der Waals surface area contributed by atoms with Gasteiger partial charge in [-0.1, -0.05) is 12.8 Å². The highest BCUT2D eigenvalue weighted by atomic mass is 16.6. The van der Waals surface area contributed by atoms with Crippen molar-refractivity contribution >= 4 is 12.1 Å². The zero-order chi connectivity index (χ0) is 26.5. The number of nitrogens with zero attached hydrogens (tertiary/aromatic N) is 5. The van der Waals surface area contributed by atoms with Gasteiger partial charge in [-0.3, -0.25) is 9.48 Å². The van der Waals surface area contributed by atoms with E-state index in [1.54, 1.807) is 29.9 Å². The van der Waals surface area contributed by atoms with E-state index in [0.717, 1.165) is 44.9 Å². The molecule has 11 nitrogen and oxygen atoms in total. The van der Waals surface area contributed by atoms with E-state index in [9.17, 15) is 14.7 Å². The van der Waals surface area contributed by atoms with Crippen molar-refractivity contribution in [2.45, 2.75) is 90.1 Å². The van der Waals surface area contributed by atoms with E-state index >= 15 is 0 Å². The van der Waals surface area contributed by atoms with Crippen LogP contribution in [-0.4, -0.2) is 67.1 Å². The maximum atomic E-state index is 12.6. The fourth-order valence-electron chi connectivity index (χ4n) is 5.05. The Morgan fingerprint density at radius 1 is 1.16 bits per heavy atom. The van der Waals surface area contributed by atoms with Gasteiger partial charge >= 0.3 is 12.1 Å². The van der Waals surface area contributed by atoms with Gasteiger partial charge in [0.25, 0.3) is 11.8 Å². The van der Waals surface area contributed by atoms with Gasteiger partial charge in [0.1, 0.15) is 12.7 Å². The first-order chi connectivity index (χ1) is 17.7. The molecule has 0 aliphatic heterocycles. The second-order valence-corrected chi connectivity index (χ2v) is 10.2. The Kier molecular flexibility index (Phi) is 8.50. The second-order valence-electron chi connectivity index (χ2n) is 10.2. The SMILES string of the molecule is CC(C)OC(=O)[C@H]1CCC[C@H](Oc2ncc(-c3cnn(C)c3COC(=O)N(C)C3CCCC3)nc2O)C1. The molecule has 2 aromatic rings. The molecule has 2 aliphatic rings. The lowest BCUT2D eigenvalue weighted by Gasteiger charge is -2.28. The van der Waals surface area contributed by atoms with Gasteiger partial charge in [0.05, 0.1) is 35.8 Å². The Morgan fingerprint density at radius 3 is 2.62 bits per heavy atom. The molecule has 2 saturated carbocycles. The first-order valence-electron chi connectivity index (χ1n) is 13.1. The number of hydrogen-bond donors (Lipinski definition) is 1. The third-order valence-electron chi connectivity index (χ3n) is 7.14.